The number of anilines is 6. The number of ether oxygens (including phenoxy) is 6. The monoisotopic (exact) mass is 1030 g/mol. The van der Waals surface area contributed by atoms with Crippen LogP contribution in [0.4, 0.5) is 52.8 Å². The third-order valence-electron chi connectivity index (χ3n) is 14.0. The summed E-state index contributed by atoms with van der Waals surface area (Å²) in [6.07, 6.45) is 9.02. The maximum Gasteiger partial charge on any atom is 0.413 e. The standard InChI is InChI=1S/2C25H26FN5O4.2ClH/c2*1-12-16(8-30-24-23(12)28-4-5-34-24)15-6-14-7-20(29-9-17(14)22(27)21(15)26)31-25(32)35-19-11-33-10-18(19)13-2-3-13;;/h2*6-9,13,18-19,28H,2-5,10-11,27H2,1H3,(H,29,31,32);2*1H/t2*18-,19+;;/m10../s1. The molecule has 0 bridgehead atoms. The third kappa shape index (κ3) is 9.92. The first kappa shape index (κ1) is 50.2. The van der Waals surface area contributed by atoms with Crippen LogP contribution in [0.5, 0.6) is 11.8 Å². The van der Waals surface area contributed by atoms with Crippen molar-refractivity contribution in [2.24, 2.45) is 23.7 Å². The molecule has 2 aliphatic carbocycles. The van der Waals surface area contributed by atoms with Crippen molar-refractivity contribution in [2.45, 2.75) is 51.7 Å². The maximum absolute atomic E-state index is 15.3. The molecule has 2 aromatic carbocycles. The number of aromatic nitrogens is 4. The van der Waals surface area contributed by atoms with Crippen molar-refractivity contribution in [2.75, 3.05) is 85.5 Å². The number of hydrogen-bond acceptors (Lipinski definition) is 16. The average molecular weight is 1030 g/mol. The average Bonchev–Trinajstić information content (AvgIpc) is 4.30. The molecular formula is C50H54Cl2F2N10O8. The molecule has 18 nitrogen and oxygen atoms in total. The number of benzene rings is 2. The Labute approximate surface area is 424 Å². The Morgan fingerprint density at radius 1 is 0.611 bits per heavy atom. The van der Waals surface area contributed by atoms with Gasteiger partial charge < -0.3 is 50.5 Å². The summed E-state index contributed by atoms with van der Waals surface area (Å²) in [7, 11) is 0. The number of amides is 2. The summed E-state index contributed by atoms with van der Waals surface area (Å²) in [6.45, 7) is 8.18. The lowest BCUT2D eigenvalue weighted by molar-refractivity contribution is 0.0783. The highest BCUT2D eigenvalue weighted by Crippen LogP contribution is 2.44. The van der Waals surface area contributed by atoms with Gasteiger partial charge in [0.2, 0.25) is 11.8 Å². The van der Waals surface area contributed by atoms with Crippen LogP contribution in [0.15, 0.2) is 49.1 Å². The van der Waals surface area contributed by atoms with Gasteiger partial charge in [-0.2, -0.15) is 0 Å². The van der Waals surface area contributed by atoms with Crippen molar-refractivity contribution in [1.82, 2.24) is 19.9 Å². The summed E-state index contributed by atoms with van der Waals surface area (Å²) in [5.41, 5.74) is 17.2. The van der Waals surface area contributed by atoms with Gasteiger partial charge in [0.05, 0.1) is 37.8 Å². The number of nitrogen functional groups attached to an aromatic ring is 2. The molecule has 6 aromatic rings. The predicted octanol–water partition coefficient (Wildman–Crippen LogP) is 9.05. The van der Waals surface area contributed by atoms with E-state index in [1.807, 2.05) is 13.8 Å². The fourth-order valence-electron chi connectivity index (χ4n) is 9.93. The van der Waals surface area contributed by atoms with E-state index in [2.05, 4.69) is 41.2 Å². The van der Waals surface area contributed by atoms with Gasteiger partial charge in [-0.1, -0.05) is 0 Å². The fraction of sp³-hybridized carbons (Fsp3) is 0.400. The zero-order valence-corrected chi connectivity index (χ0v) is 41.0. The van der Waals surface area contributed by atoms with E-state index < -0.39 is 23.8 Å². The summed E-state index contributed by atoms with van der Waals surface area (Å²) in [5.74, 6) is 2.14. The van der Waals surface area contributed by atoms with Gasteiger partial charge in [-0.3, -0.25) is 10.6 Å². The number of nitrogens with one attached hydrogen (secondary N) is 4. The second-order valence-corrected chi connectivity index (χ2v) is 18.6. The van der Waals surface area contributed by atoms with Crippen molar-refractivity contribution >= 4 is 92.9 Å². The van der Waals surface area contributed by atoms with E-state index in [4.69, 9.17) is 39.9 Å². The molecule has 0 spiro atoms. The van der Waals surface area contributed by atoms with E-state index in [9.17, 15) is 9.59 Å². The minimum Gasteiger partial charge on any atom is -0.474 e. The quantitative estimate of drug-likeness (QED) is 0.0779. The number of carbonyl (C=O) groups excluding carboxylic acids is 2. The zero-order chi connectivity index (χ0) is 48.2. The van der Waals surface area contributed by atoms with Gasteiger partial charge in [-0.15, -0.1) is 24.8 Å². The van der Waals surface area contributed by atoms with Crippen molar-refractivity contribution in [3.05, 3.63) is 71.8 Å². The molecule has 0 radical (unpaired) electrons. The molecule has 72 heavy (non-hydrogen) atoms. The van der Waals surface area contributed by atoms with Crippen LogP contribution in [0.2, 0.25) is 0 Å². The van der Waals surface area contributed by atoms with Gasteiger partial charge in [0.1, 0.15) is 48.4 Å². The number of fused-ring (bicyclic) bond motifs is 4. The molecule has 4 atom stereocenters. The normalized spacial score (nSPS) is 20.6. The molecule has 12 rings (SSSR count). The van der Waals surface area contributed by atoms with Crippen LogP contribution in [0.25, 0.3) is 43.8 Å². The van der Waals surface area contributed by atoms with Crippen LogP contribution < -0.4 is 42.2 Å². The van der Waals surface area contributed by atoms with E-state index in [1.165, 1.54) is 12.4 Å². The van der Waals surface area contributed by atoms with Crippen molar-refractivity contribution in [1.29, 1.82) is 0 Å². The van der Waals surface area contributed by atoms with Crippen LogP contribution in [0.1, 0.15) is 36.8 Å². The van der Waals surface area contributed by atoms with E-state index in [0.717, 1.165) is 48.2 Å². The minimum absolute atomic E-state index is 0. The highest BCUT2D eigenvalue weighted by molar-refractivity contribution is 6.01. The van der Waals surface area contributed by atoms with Crippen LogP contribution in [0, 0.1) is 49.2 Å². The Kier molecular flexibility index (Phi) is 14.5. The van der Waals surface area contributed by atoms with E-state index >= 15 is 8.78 Å². The molecule has 22 heteroatoms. The van der Waals surface area contributed by atoms with Gasteiger partial charge in [-0.05, 0) is 97.5 Å². The molecular weight excluding hydrogens is 978 g/mol. The Hall–Kier alpha value is -6.74. The van der Waals surface area contributed by atoms with Crippen LogP contribution in [0.3, 0.4) is 0 Å². The van der Waals surface area contributed by atoms with E-state index in [1.54, 1.807) is 36.7 Å². The number of nitrogens with two attached hydrogens (primary N) is 2. The minimum atomic E-state index is -0.589. The molecule has 8 heterocycles. The molecule has 2 saturated carbocycles. The second kappa shape index (κ2) is 20.8. The molecule has 2 amide bonds. The predicted molar refractivity (Wildman–Crippen MR) is 272 cm³/mol. The van der Waals surface area contributed by atoms with Crippen molar-refractivity contribution in [3.63, 3.8) is 0 Å². The molecule has 6 aliphatic rings. The van der Waals surface area contributed by atoms with Crippen molar-refractivity contribution in [3.8, 4) is 34.0 Å². The number of rotatable bonds is 8. The lowest BCUT2D eigenvalue weighted by Gasteiger charge is -2.22. The van der Waals surface area contributed by atoms with Gasteiger partial charge in [0.25, 0.3) is 0 Å². The highest BCUT2D eigenvalue weighted by Gasteiger charge is 2.43. The molecule has 0 unspecified atom stereocenters. The lowest BCUT2D eigenvalue weighted by atomic mass is 9.97. The Bertz CT molecular complexity index is 2870. The van der Waals surface area contributed by atoms with Crippen LogP contribution in [-0.2, 0) is 18.9 Å². The Morgan fingerprint density at radius 2 is 1.03 bits per heavy atom. The third-order valence-corrected chi connectivity index (χ3v) is 14.0. The smallest absolute Gasteiger partial charge is 0.413 e. The molecule has 380 valence electrons. The van der Waals surface area contributed by atoms with Gasteiger partial charge in [0, 0.05) is 82.7 Å². The fourth-order valence-corrected chi connectivity index (χ4v) is 9.93. The first-order valence-electron chi connectivity index (χ1n) is 23.6. The number of hydrogen-bond donors (Lipinski definition) is 6. The number of halogens is 4. The summed E-state index contributed by atoms with van der Waals surface area (Å²) in [5, 5.41) is 14.1. The summed E-state index contributed by atoms with van der Waals surface area (Å²) >= 11 is 0. The van der Waals surface area contributed by atoms with Crippen LogP contribution >= 0.6 is 24.8 Å². The Morgan fingerprint density at radius 3 is 1.43 bits per heavy atom. The summed E-state index contributed by atoms with van der Waals surface area (Å²) in [4.78, 5) is 42.3. The SMILES string of the molecule is Cc1c(-c2cc3cc(NC(=O)O[C@@H]4COC[C@H]4C4CC4)ncc3c(N)c2F)cnc2c1NCCO2.Cc1c(-c2cc3cc(NC(=O)O[C@H]4COC[C@@H]4C4CC4)ncc3c(N)c2F)cnc2c1NCCO2.Cl.Cl. The first-order chi connectivity index (χ1) is 34.0. The van der Waals surface area contributed by atoms with Gasteiger partial charge in [-0.25, -0.2) is 38.3 Å². The molecule has 4 fully saturated rings. The lowest BCUT2D eigenvalue weighted by Crippen LogP contribution is -2.29. The number of carbonyl (C=O) groups is 2. The van der Waals surface area contributed by atoms with Crippen molar-refractivity contribution < 1.29 is 46.8 Å². The van der Waals surface area contributed by atoms with E-state index in [-0.39, 0.29) is 71.9 Å². The van der Waals surface area contributed by atoms with Gasteiger partial charge in [0.15, 0.2) is 11.6 Å². The topological polar surface area (TPSA) is 241 Å². The second-order valence-electron chi connectivity index (χ2n) is 18.6. The van der Waals surface area contributed by atoms with E-state index in [0.29, 0.717) is 120 Å². The molecule has 4 aromatic heterocycles. The number of nitrogens with zero attached hydrogens (tertiary/aromatic N) is 4. The highest BCUT2D eigenvalue weighted by atomic mass is 35.5. The zero-order valence-electron chi connectivity index (χ0n) is 39.4. The summed E-state index contributed by atoms with van der Waals surface area (Å²) < 4.78 is 64.1. The van der Waals surface area contributed by atoms with Crippen LogP contribution in [-0.4, -0.2) is 97.1 Å². The maximum atomic E-state index is 15.3. The Balaban J connectivity index is 0.000000173. The largest absolute Gasteiger partial charge is 0.474 e. The molecule has 8 N–H and O–H groups in total. The van der Waals surface area contributed by atoms with Gasteiger partial charge >= 0.3 is 12.2 Å². The summed E-state index contributed by atoms with van der Waals surface area (Å²) in [6, 6.07) is 6.68. The number of pyridine rings is 4. The molecule has 4 aliphatic heterocycles. The first-order valence-corrected chi connectivity index (χ1v) is 23.6. The molecule has 2 saturated heterocycles.